The van der Waals surface area contributed by atoms with E-state index in [2.05, 4.69) is 4.98 Å². The van der Waals surface area contributed by atoms with Gasteiger partial charge >= 0.3 is 5.97 Å². The number of aryl methyl sites for hydroxylation is 1. The van der Waals surface area contributed by atoms with Crippen LogP contribution in [-0.2, 0) is 9.53 Å². The summed E-state index contributed by atoms with van der Waals surface area (Å²) in [5.74, 6) is 0.118. The minimum atomic E-state index is -0.441. The molecule has 1 aromatic heterocycles. The van der Waals surface area contributed by atoms with Crippen LogP contribution in [0.5, 0.6) is 0 Å². The van der Waals surface area contributed by atoms with Crippen molar-refractivity contribution in [1.82, 2.24) is 4.98 Å². The molecule has 0 bridgehead atoms. The molecule has 0 aromatic carbocycles. The van der Waals surface area contributed by atoms with Gasteiger partial charge in [0.15, 0.2) is 0 Å². The van der Waals surface area contributed by atoms with Crippen LogP contribution in [0.3, 0.4) is 0 Å². The summed E-state index contributed by atoms with van der Waals surface area (Å²) >= 11 is 0. The number of esters is 1. The average Bonchev–Trinajstić information content (AvgIpc) is 2.87. The van der Waals surface area contributed by atoms with Crippen LogP contribution in [0.4, 0.5) is 11.5 Å². The zero-order valence-corrected chi connectivity index (χ0v) is 10.8. The van der Waals surface area contributed by atoms with E-state index < -0.39 is 11.0 Å². The molecule has 1 aliphatic heterocycles. The number of anilines is 1. The quantitative estimate of drug-likeness (QED) is 0.467. The summed E-state index contributed by atoms with van der Waals surface area (Å²) in [5.41, 5.74) is 0.517. The Hall–Kier alpha value is -2.18. The lowest BCUT2D eigenvalue weighted by molar-refractivity contribution is -0.385. The van der Waals surface area contributed by atoms with E-state index in [0.717, 1.165) is 6.42 Å². The summed E-state index contributed by atoms with van der Waals surface area (Å²) in [5, 5.41) is 10.9. The number of carbonyl (C=O) groups excluding carboxylic acids is 1. The predicted molar refractivity (Wildman–Crippen MR) is 68.0 cm³/mol. The topological polar surface area (TPSA) is 85.6 Å². The molecule has 0 amide bonds. The van der Waals surface area contributed by atoms with Crippen LogP contribution >= 0.6 is 0 Å². The van der Waals surface area contributed by atoms with Gasteiger partial charge in [-0.3, -0.25) is 10.1 Å². The number of nitro groups is 1. The third-order valence-electron chi connectivity index (χ3n) is 3.28. The van der Waals surface area contributed by atoms with Crippen LogP contribution in [0.2, 0.25) is 0 Å². The molecule has 0 saturated carbocycles. The summed E-state index contributed by atoms with van der Waals surface area (Å²) < 4.78 is 4.75. The monoisotopic (exact) mass is 265 g/mol. The van der Waals surface area contributed by atoms with Crippen molar-refractivity contribution in [2.45, 2.75) is 25.8 Å². The summed E-state index contributed by atoms with van der Waals surface area (Å²) in [7, 11) is 1.34. The molecule has 7 nitrogen and oxygen atoms in total. The van der Waals surface area contributed by atoms with E-state index >= 15 is 0 Å². The molecule has 1 aromatic rings. The first-order chi connectivity index (χ1) is 9.04. The van der Waals surface area contributed by atoms with E-state index in [1.165, 1.54) is 19.4 Å². The second-order valence-electron chi connectivity index (χ2n) is 4.46. The second kappa shape index (κ2) is 5.21. The lowest BCUT2D eigenvalue weighted by Gasteiger charge is -2.23. The van der Waals surface area contributed by atoms with Crippen LogP contribution in [-0.4, -0.2) is 35.6 Å². The molecule has 0 aliphatic carbocycles. The number of aromatic nitrogens is 1. The van der Waals surface area contributed by atoms with E-state index in [9.17, 15) is 14.9 Å². The van der Waals surface area contributed by atoms with Gasteiger partial charge in [-0.1, -0.05) is 0 Å². The zero-order chi connectivity index (χ0) is 14.0. The van der Waals surface area contributed by atoms with Crippen molar-refractivity contribution in [2.24, 2.45) is 0 Å². The molecule has 2 heterocycles. The van der Waals surface area contributed by atoms with Crippen molar-refractivity contribution >= 4 is 17.5 Å². The number of hydrogen-bond donors (Lipinski definition) is 0. The third kappa shape index (κ3) is 2.49. The zero-order valence-electron chi connectivity index (χ0n) is 10.8. The van der Waals surface area contributed by atoms with Gasteiger partial charge in [-0.05, 0) is 19.8 Å². The Kier molecular flexibility index (Phi) is 3.64. The molecule has 19 heavy (non-hydrogen) atoms. The highest BCUT2D eigenvalue weighted by Crippen LogP contribution is 2.28. The lowest BCUT2D eigenvalue weighted by Crippen LogP contribution is -2.37. The maximum atomic E-state index is 11.7. The van der Waals surface area contributed by atoms with E-state index in [1.807, 2.05) is 0 Å². The molecule has 1 fully saturated rings. The van der Waals surface area contributed by atoms with E-state index in [4.69, 9.17) is 4.74 Å². The number of rotatable bonds is 3. The second-order valence-corrected chi connectivity index (χ2v) is 4.46. The Morgan fingerprint density at radius 3 is 3.00 bits per heavy atom. The van der Waals surface area contributed by atoms with Crippen molar-refractivity contribution in [3.05, 3.63) is 27.9 Å². The normalized spacial score (nSPS) is 18.4. The fraction of sp³-hybridized carbons (Fsp3) is 0.500. The standard InChI is InChI=1S/C12H15N3O4/c1-8-7-13-11(6-10(8)15(17)18)14-5-3-4-9(14)12(16)19-2/h6-7,9H,3-5H2,1-2H3. The van der Waals surface area contributed by atoms with Crippen molar-refractivity contribution < 1.29 is 14.5 Å². The number of methoxy groups -OCH3 is 1. The molecule has 2 rings (SSSR count). The van der Waals surface area contributed by atoms with Gasteiger partial charge in [0.2, 0.25) is 0 Å². The SMILES string of the molecule is COC(=O)C1CCCN1c1cc([N+](=O)[O-])c(C)cn1. The molecule has 1 aliphatic rings. The molecule has 0 spiro atoms. The molecule has 1 unspecified atom stereocenters. The van der Waals surface area contributed by atoms with Crippen LogP contribution in [0, 0.1) is 17.0 Å². The first kappa shape index (κ1) is 13.3. The summed E-state index contributed by atoms with van der Waals surface area (Å²) in [6.45, 7) is 2.28. The van der Waals surface area contributed by atoms with E-state index in [0.29, 0.717) is 24.3 Å². The number of nitrogens with zero attached hydrogens (tertiary/aromatic N) is 3. The number of carbonyl (C=O) groups is 1. The third-order valence-corrected chi connectivity index (χ3v) is 3.28. The Labute approximate surface area is 110 Å². The van der Waals surface area contributed by atoms with Crippen LogP contribution in [0.15, 0.2) is 12.3 Å². The molecule has 0 N–H and O–H groups in total. The molecule has 7 heteroatoms. The van der Waals surface area contributed by atoms with Crippen LogP contribution in [0.1, 0.15) is 18.4 Å². The lowest BCUT2D eigenvalue weighted by atomic mass is 10.2. The van der Waals surface area contributed by atoms with Crippen LogP contribution in [0.25, 0.3) is 0 Å². The average molecular weight is 265 g/mol. The number of hydrogen-bond acceptors (Lipinski definition) is 6. The van der Waals surface area contributed by atoms with Crippen molar-refractivity contribution in [3.8, 4) is 0 Å². The molecule has 0 radical (unpaired) electrons. The van der Waals surface area contributed by atoms with E-state index in [1.54, 1.807) is 11.8 Å². The predicted octanol–water partition coefficient (Wildman–Crippen LogP) is 1.44. The van der Waals surface area contributed by atoms with Crippen molar-refractivity contribution in [1.29, 1.82) is 0 Å². The van der Waals surface area contributed by atoms with Gasteiger partial charge in [-0.15, -0.1) is 0 Å². The Balaban J connectivity index is 2.33. The van der Waals surface area contributed by atoms with Gasteiger partial charge in [0.1, 0.15) is 11.9 Å². The Bertz CT molecular complexity index is 518. The fourth-order valence-electron chi connectivity index (χ4n) is 2.28. The highest BCUT2D eigenvalue weighted by atomic mass is 16.6. The highest BCUT2D eigenvalue weighted by Gasteiger charge is 2.33. The largest absolute Gasteiger partial charge is 0.467 e. The van der Waals surface area contributed by atoms with Gasteiger partial charge in [0.05, 0.1) is 18.1 Å². The molecular weight excluding hydrogens is 250 g/mol. The first-order valence-corrected chi connectivity index (χ1v) is 6.00. The van der Waals surface area contributed by atoms with Crippen molar-refractivity contribution in [2.75, 3.05) is 18.6 Å². The van der Waals surface area contributed by atoms with Gasteiger partial charge in [-0.2, -0.15) is 0 Å². The summed E-state index contributed by atoms with van der Waals surface area (Å²) in [6.07, 6.45) is 2.97. The summed E-state index contributed by atoms with van der Waals surface area (Å²) in [6, 6.07) is 1.01. The van der Waals surface area contributed by atoms with Gasteiger partial charge < -0.3 is 9.64 Å². The number of ether oxygens (including phenoxy) is 1. The van der Waals surface area contributed by atoms with Gasteiger partial charge in [0.25, 0.3) is 5.69 Å². The maximum absolute atomic E-state index is 11.7. The van der Waals surface area contributed by atoms with Gasteiger partial charge in [0, 0.05) is 18.3 Å². The van der Waals surface area contributed by atoms with Crippen LogP contribution < -0.4 is 4.90 Å². The first-order valence-electron chi connectivity index (χ1n) is 6.00. The van der Waals surface area contributed by atoms with Gasteiger partial charge in [-0.25, -0.2) is 9.78 Å². The fourth-order valence-corrected chi connectivity index (χ4v) is 2.28. The molecule has 102 valence electrons. The Morgan fingerprint density at radius 1 is 1.63 bits per heavy atom. The number of pyridine rings is 1. The Morgan fingerprint density at radius 2 is 2.37 bits per heavy atom. The smallest absolute Gasteiger partial charge is 0.328 e. The maximum Gasteiger partial charge on any atom is 0.328 e. The van der Waals surface area contributed by atoms with E-state index in [-0.39, 0.29) is 11.7 Å². The molecule has 1 saturated heterocycles. The molecular formula is C12H15N3O4. The van der Waals surface area contributed by atoms with Crippen molar-refractivity contribution in [3.63, 3.8) is 0 Å². The molecule has 1 atom stereocenters. The minimum absolute atomic E-state index is 0.0144. The summed E-state index contributed by atoms with van der Waals surface area (Å²) in [4.78, 5) is 28.1. The highest BCUT2D eigenvalue weighted by molar-refractivity contribution is 5.80. The minimum Gasteiger partial charge on any atom is -0.467 e.